The van der Waals surface area contributed by atoms with Crippen molar-refractivity contribution in [3.8, 4) is 11.5 Å². The summed E-state index contributed by atoms with van der Waals surface area (Å²) in [6.45, 7) is 0.334. The standard InChI is InChI=1S/C15H11BrFN3O/c16-12-7-6-11(8-13(12)17)18-9-14-19-20-15(21-14)10-4-2-1-3-5-10/h1-8,18H,9H2. The van der Waals surface area contributed by atoms with E-state index >= 15 is 0 Å². The van der Waals surface area contributed by atoms with Gasteiger partial charge in [-0.2, -0.15) is 0 Å². The van der Waals surface area contributed by atoms with Gasteiger partial charge in [0.15, 0.2) is 0 Å². The largest absolute Gasteiger partial charge is 0.419 e. The van der Waals surface area contributed by atoms with Gasteiger partial charge < -0.3 is 9.73 Å². The van der Waals surface area contributed by atoms with Crippen LogP contribution in [-0.4, -0.2) is 10.2 Å². The minimum Gasteiger partial charge on any atom is -0.419 e. The van der Waals surface area contributed by atoms with Crippen LogP contribution in [0.5, 0.6) is 0 Å². The number of halogens is 2. The SMILES string of the molecule is Fc1cc(NCc2nnc(-c3ccccc3)o2)ccc1Br. The van der Waals surface area contributed by atoms with Crippen molar-refractivity contribution in [3.63, 3.8) is 0 Å². The lowest BCUT2D eigenvalue weighted by molar-refractivity contribution is 0.515. The maximum Gasteiger partial charge on any atom is 0.247 e. The average molecular weight is 348 g/mol. The van der Waals surface area contributed by atoms with E-state index in [1.807, 2.05) is 30.3 Å². The molecule has 0 aliphatic carbocycles. The third-order valence-corrected chi connectivity index (χ3v) is 3.49. The van der Waals surface area contributed by atoms with Gasteiger partial charge in [-0.25, -0.2) is 4.39 Å². The summed E-state index contributed by atoms with van der Waals surface area (Å²) in [6, 6.07) is 14.3. The fourth-order valence-electron chi connectivity index (χ4n) is 1.81. The Morgan fingerprint density at radius 2 is 1.90 bits per heavy atom. The molecule has 0 aliphatic heterocycles. The van der Waals surface area contributed by atoms with Gasteiger partial charge >= 0.3 is 0 Å². The summed E-state index contributed by atoms with van der Waals surface area (Å²) in [5.41, 5.74) is 1.51. The Morgan fingerprint density at radius 1 is 1.10 bits per heavy atom. The summed E-state index contributed by atoms with van der Waals surface area (Å²) >= 11 is 3.11. The second kappa shape index (κ2) is 6.05. The van der Waals surface area contributed by atoms with Crippen molar-refractivity contribution in [1.82, 2.24) is 10.2 Å². The normalized spacial score (nSPS) is 10.6. The van der Waals surface area contributed by atoms with Crippen LogP contribution in [0.2, 0.25) is 0 Å². The molecule has 21 heavy (non-hydrogen) atoms. The smallest absolute Gasteiger partial charge is 0.247 e. The maximum atomic E-state index is 13.4. The fourth-order valence-corrected chi connectivity index (χ4v) is 2.05. The van der Waals surface area contributed by atoms with Crippen LogP contribution in [0.1, 0.15) is 5.89 Å². The third kappa shape index (κ3) is 3.28. The molecule has 4 nitrogen and oxygen atoms in total. The molecular weight excluding hydrogens is 337 g/mol. The highest BCUT2D eigenvalue weighted by molar-refractivity contribution is 9.10. The van der Waals surface area contributed by atoms with Gasteiger partial charge in [0.2, 0.25) is 11.8 Å². The molecule has 1 N–H and O–H groups in total. The Labute approximate surface area is 129 Å². The summed E-state index contributed by atoms with van der Waals surface area (Å²) in [4.78, 5) is 0. The minimum absolute atomic E-state index is 0.324. The van der Waals surface area contributed by atoms with Crippen molar-refractivity contribution in [2.24, 2.45) is 0 Å². The minimum atomic E-state index is -0.324. The van der Waals surface area contributed by atoms with E-state index in [0.29, 0.717) is 28.5 Å². The molecule has 6 heteroatoms. The molecule has 1 aromatic heterocycles. The number of aromatic nitrogens is 2. The number of benzene rings is 2. The van der Waals surface area contributed by atoms with Crippen molar-refractivity contribution in [2.45, 2.75) is 6.54 Å². The zero-order chi connectivity index (χ0) is 14.7. The molecule has 106 valence electrons. The molecule has 0 unspecified atom stereocenters. The van der Waals surface area contributed by atoms with Crippen molar-refractivity contribution in [2.75, 3.05) is 5.32 Å². The van der Waals surface area contributed by atoms with Crippen LogP contribution in [-0.2, 0) is 6.54 Å². The predicted octanol–water partition coefficient (Wildman–Crippen LogP) is 4.25. The molecule has 0 spiro atoms. The first-order valence-corrected chi connectivity index (χ1v) is 7.08. The first-order valence-electron chi connectivity index (χ1n) is 6.29. The number of nitrogens with zero attached hydrogens (tertiary/aromatic N) is 2. The molecule has 0 fully saturated rings. The number of anilines is 1. The molecule has 0 atom stereocenters. The molecule has 0 saturated heterocycles. The molecule has 0 saturated carbocycles. The Hall–Kier alpha value is -2.21. The Bertz CT molecular complexity index is 746. The molecule has 1 heterocycles. The van der Waals surface area contributed by atoms with Gasteiger partial charge in [0, 0.05) is 11.3 Å². The monoisotopic (exact) mass is 347 g/mol. The van der Waals surface area contributed by atoms with E-state index in [-0.39, 0.29) is 5.82 Å². The molecular formula is C15H11BrFN3O. The molecule has 0 bridgehead atoms. The van der Waals surface area contributed by atoms with Gasteiger partial charge in [-0.3, -0.25) is 0 Å². The number of nitrogens with one attached hydrogen (secondary N) is 1. The summed E-state index contributed by atoms with van der Waals surface area (Å²) in [5, 5.41) is 11.0. The lowest BCUT2D eigenvalue weighted by atomic mass is 10.2. The lowest BCUT2D eigenvalue weighted by Gasteiger charge is -2.04. The van der Waals surface area contributed by atoms with E-state index in [1.165, 1.54) is 6.07 Å². The van der Waals surface area contributed by atoms with Crippen molar-refractivity contribution >= 4 is 21.6 Å². The summed E-state index contributed by atoms with van der Waals surface area (Å²) in [5.74, 6) is 0.585. The van der Waals surface area contributed by atoms with Crippen molar-refractivity contribution in [3.05, 3.63) is 64.7 Å². The van der Waals surface area contributed by atoms with E-state index in [2.05, 4.69) is 31.4 Å². The number of rotatable bonds is 4. The summed E-state index contributed by atoms with van der Waals surface area (Å²) < 4.78 is 19.4. The van der Waals surface area contributed by atoms with E-state index in [1.54, 1.807) is 12.1 Å². The molecule has 0 aliphatic rings. The highest BCUT2D eigenvalue weighted by Crippen LogP contribution is 2.20. The van der Waals surface area contributed by atoms with Crippen molar-refractivity contribution in [1.29, 1.82) is 0 Å². The molecule has 3 aromatic rings. The number of hydrogen-bond acceptors (Lipinski definition) is 4. The Balaban J connectivity index is 1.69. The van der Waals surface area contributed by atoms with E-state index in [0.717, 1.165) is 5.56 Å². The van der Waals surface area contributed by atoms with Crippen LogP contribution in [0, 0.1) is 5.82 Å². The first-order chi connectivity index (χ1) is 10.2. The Kier molecular flexibility index (Phi) is 3.96. The summed E-state index contributed by atoms with van der Waals surface area (Å²) in [6.07, 6.45) is 0. The topological polar surface area (TPSA) is 51.0 Å². The number of hydrogen-bond donors (Lipinski definition) is 1. The second-order valence-corrected chi connectivity index (χ2v) is 5.20. The van der Waals surface area contributed by atoms with Gasteiger partial charge in [0.25, 0.3) is 0 Å². The second-order valence-electron chi connectivity index (χ2n) is 4.35. The highest BCUT2D eigenvalue weighted by Gasteiger charge is 2.08. The zero-order valence-electron chi connectivity index (χ0n) is 10.9. The van der Waals surface area contributed by atoms with Gasteiger partial charge in [-0.05, 0) is 46.3 Å². The molecule has 2 aromatic carbocycles. The van der Waals surface area contributed by atoms with Crippen LogP contribution in [0.25, 0.3) is 11.5 Å². The molecule has 3 rings (SSSR count). The lowest BCUT2D eigenvalue weighted by Crippen LogP contribution is -2.00. The van der Waals surface area contributed by atoms with Crippen LogP contribution >= 0.6 is 15.9 Å². The van der Waals surface area contributed by atoms with Crippen LogP contribution in [0.4, 0.5) is 10.1 Å². The van der Waals surface area contributed by atoms with Crippen LogP contribution < -0.4 is 5.32 Å². The van der Waals surface area contributed by atoms with E-state index < -0.39 is 0 Å². The van der Waals surface area contributed by atoms with E-state index in [9.17, 15) is 4.39 Å². The van der Waals surface area contributed by atoms with Gasteiger partial charge in [0.1, 0.15) is 5.82 Å². The van der Waals surface area contributed by atoms with Gasteiger partial charge in [-0.1, -0.05) is 18.2 Å². The van der Waals surface area contributed by atoms with Gasteiger partial charge in [-0.15, -0.1) is 10.2 Å². The van der Waals surface area contributed by atoms with E-state index in [4.69, 9.17) is 4.42 Å². The van der Waals surface area contributed by atoms with Gasteiger partial charge in [0.05, 0.1) is 11.0 Å². The third-order valence-electron chi connectivity index (χ3n) is 2.85. The average Bonchev–Trinajstić information content (AvgIpc) is 2.98. The van der Waals surface area contributed by atoms with Crippen LogP contribution in [0.3, 0.4) is 0 Å². The summed E-state index contributed by atoms with van der Waals surface area (Å²) in [7, 11) is 0. The maximum absolute atomic E-state index is 13.4. The highest BCUT2D eigenvalue weighted by atomic mass is 79.9. The first kappa shape index (κ1) is 13.8. The quantitative estimate of drug-likeness (QED) is 0.766. The van der Waals surface area contributed by atoms with Crippen molar-refractivity contribution < 1.29 is 8.81 Å². The Morgan fingerprint density at radius 3 is 2.67 bits per heavy atom. The molecule has 0 radical (unpaired) electrons. The fraction of sp³-hybridized carbons (Fsp3) is 0.0667. The molecule has 0 amide bonds. The predicted molar refractivity (Wildman–Crippen MR) is 81.2 cm³/mol. The van der Waals surface area contributed by atoms with Crippen LogP contribution in [0.15, 0.2) is 57.4 Å². The zero-order valence-corrected chi connectivity index (χ0v) is 12.5.